The smallest absolute Gasteiger partial charge is 0.181 e. The number of aromatic nitrogens is 6. The predicted octanol–water partition coefficient (Wildman–Crippen LogP) is 2.97. The van der Waals surface area contributed by atoms with Crippen LogP contribution in [-0.2, 0) is 6.54 Å². The van der Waals surface area contributed by atoms with Gasteiger partial charge >= 0.3 is 0 Å². The van der Waals surface area contributed by atoms with Crippen LogP contribution in [0.1, 0.15) is 19.5 Å². The number of benzene rings is 1. The van der Waals surface area contributed by atoms with Crippen LogP contribution < -0.4 is 4.74 Å². The molecule has 4 aromatic rings. The summed E-state index contributed by atoms with van der Waals surface area (Å²) in [6.45, 7) is 6.39. The van der Waals surface area contributed by atoms with Gasteiger partial charge in [0, 0.05) is 23.3 Å². The maximum atomic E-state index is 9.13. The van der Waals surface area contributed by atoms with Gasteiger partial charge in [0.05, 0.1) is 36.2 Å². The van der Waals surface area contributed by atoms with E-state index in [1.54, 1.807) is 10.9 Å². The number of ether oxygens (including phenoxy) is 1. The first-order chi connectivity index (χ1) is 13.5. The van der Waals surface area contributed by atoms with Crippen LogP contribution in [-0.4, -0.2) is 47.8 Å². The molecule has 0 saturated carbocycles. The van der Waals surface area contributed by atoms with Gasteiger partial charge in [-0.15, -0.1) is 0 Å². The molecule has 0 bridgehead atoms. The Morgan fingerprint density at radius 1 is 1.25 bits per heavy atom. The summed E-state index contributed by atoms with van der Waals surface area (Å²) >= 11 is 0. The minimum absolute atomic E-state index is 0.0373. The molecule has 0 amide bonds. The Morgan fingerprint density at radius 2 is 2.11 bits per heavy atom. The Hall–Kier alpha value is -3.26. The fourth-order valence-electron chi connectivity index (χ4n) is 3.12. The van der Waals surface area contributed by atoms with E-state index in [1.165, 1.54) is 0 Å². The van der Waals surface area contributed by atoms with Crippen LogP contribution in [0.3, 0.4) is 0 Å². The summed E-state index contributed by atoms with van der Waals surface area (Å²) in [5.74, 6) is 1.31. The van der Waals surface area contributed by atoms with Crippen molar-refractivity contribution in [3.8, 4) is 28.5 Å². The van der Waals surface area contributed by atoms with E-state index in [9.17, 15) is 0 Å². The molecule has 0 saturated heterocycles. The van der Waals surface area contributed by atoms with Crippen LogP contribution in [0.2, 0.25) is 0 Å². The van der Waals surface area contributed by atoms with E-state index in [0.29, 0.717) is 18.1 Å². The maximum absolute atomic E-state index is 9.13. The fourth-order valence-corrected chi connectivity index (χ4v) is 3.12. The number of hydrogen-bond donors (Lipinski definition) is 2. The van der Waals surface area contributed by atoms with Crippen molar-refractivity contribution in [3.05, 3.63) is 42.4 Å². The monoisotopic (exact) mass is 378 g/mol. The van der Waals surface area contributed by atoms with Crippen molar-refractivity contribution in [1.29, 1.82) is 0 Å². The van der Waals surface area contributed by atoms with Gasteiger partial charge in [0.1, 0.15) is 11.4 Å². The average Bonchev–Trinajstić information content (AvgIpc) is 3.25. The Kier molecular flexibility index (Phi) is 4.79. The third kappa shape index (κ3) is 3.46. The van der Waals surface area contributed by atoms with E-state index in [1.807, 2.05) is 51.2 Å². The van der Waals surface area contributed by atoms with E-state index >= 15 is 0 Å². The minimum Gasteiger partial charge on any atom is -0.491 e. The maximum Gasteiger partial charge on any atom is 0.181 e. The van der Waals surface area contributed by atoms with Crippen LogP contribution in [0.25, 0.3) is 33.7 Å². The molecule has 3 heterocycles. The lowest BCUT2D eigenvalue weighted by Crippen LogP contribution is -2.05. The summed E-state index contributed by atoms with van der Waals surface area (Å²) in [6, 6.07) is 7.66. The van der Waals surface area contributed by atoms with Crippen molar-refractivity contribution in [1.82, 2.24) is 29.9 Å². The highest BCUT2D eigenvalue weighted by atomic mass is 16.5. The molecule has 8 nitrogen and oxygen atoms in total. The first kappa shape index (κ1) is 18.1. The molecule has 4 rings (SSSR count). The van der Waals surface area contributed by atoms with Gasteiger partial charge < -0.3 is 9.84 Å². The molecule has 3 aromatic heterocycles. The zero-order chi connectivity index (χ0) is 19.7. The number of rotatable bonds is 6. The summed E-state index contributed by atoms with van der Waals surface area (Å²) in [6.07, 6.45) is 3.69. The van der Waals surface area contributed by atoms with E-state index in [0.717, 1.165) is 33.6 Å². The number of nitrogens with zero attached hydrogens (tertiary/aromatic N) is 5. The normalized spacial score (nSPS) is 11.5. The summed E-state index contributed by atoms with van der Waals surface area (Å²) < 4.78 is 7.52. The number of hydrogen-bond acceptors (Lipinski definition) is 6. The molecular weight excluding hydrogens is 356 g/mol. The molecule has 2 N–H and O–H groups in total. The zero-order valence-electron chi connectivity index (χ0n) is 16.0. The van der Waals surface area contributed by atoms with Gasteiger partial charge in [-0.1, -0.05) is 0 Å². The number of nitrogens with one attached hydrogen (secondary N) is 1. The molecule has 0 unspecified atom stereocenters. The van der Waals surface area contributed by atoms with Crippen molar-refractivity contribution >= 4 is 10.9 Å². The van der Waals surface area contributed by atoms with Gasteiger partial charge in [0.2, 0.25) is 0 Å². The topological polar surface area (TPSA) is 102 Å². The molecule has 8 heteroatoms. The zero-order valence-corrected chi connectivity index (χ0v) is 16.0. The number of aryl methyl sites for hydroxylation is 1. The number of aliphatic hydroxyl groups excluding tert-OH is 1. The summed E-state index contributed by atoms with van der Waals surface area (Å²) in [5.41, 5.74) is 4.08. The standard InChI is InChI=1S/C20H22N6O2/c1-12(2)28-14-4-5-18-15(10-14)19(24-23-18)20-21-7-6-17(22-20)16-11-26(8-9-27)25-13(16)3/h4-7,10-12,27H,8-9H2,1-3H3,(H,23,24). The lowest BCUT2D eigenvalue weighted by Gasteiger charge is -2.09. The number of fused-ring (bicyclic) bond motifs is 1. The fraction of sp³-hybridized carbons (Fsp3) is 0.300. The highest BCUT2D eigenvalue weighted by Gasteiger charge is 2.15. The van der Waals surface area contributed by atoms with Crippen LogP contribution >= 0.6 is 0 Å². The second kappa shape index (κ2) is 7.40. The van der Waals surface area contributed by atoms with Gasteiger partial charge in [-0.25, -0.2) is 9.97 Å². The highest BCUT2D eigenvalue weighted by molar-refractivity contribution is 5.92. The van der Waals surface area contributed by atoms with Crippen LogP contribution in [0.4, 0.5) is 0 Å². The summed E-state index contributed by atoms with van der Waals surface area (Å²) in [4.78, 5) is 9.13. The Bertz CT molecular complexity index is 1120. The average molecular weight is 378 g/mol. The lowest BCUT2D eigenvalue weighted by molar-refractivity contribution is 0.243. The van der Waals surface area contributed by atoms with Crippen molar-refractivity contribution in [2.24, 2.45) is 0 Å². The first-order valence-electron chi connectivity index (χ1n) is 9.18. The van der Waals surface area contributed by atoms with E-state index in [2.05, 4.69) is 20.3 Å². The van der Waals surface area contributed by atoms with E-state index in [4.69, 9.17) is 14.8 Å². The second-order valence-corrected chi connectivity index (χ2v) is 6.83. The predicted molar refractivity (Wildman–Crippen MR) is 106 cm³/mol. The molecule has 0 atom stereocenters. The molecular formula is C20H22N6O2. The number of H-pyrrole nitrogens is 1. The van der Waals surface area contributed by atoms with Crippen molar-refractivity contribution in [3.63, 3.8) is 0 Å². The Balaban J connectivity index is 1.75. The van der Waals surface area contributed by atoms with Gasteiger partial charge in [-0.05, 0) is 45.0 Å². The molecule has 0 radical (unpaired) electrons. The molecule has 0 aliphatic heterocycles. The molecule has 0 aliphatic rings. The largest absolute Gasteiger partial charge is 0.491 e. The van der Waals surface area contributed by atoms with Crippen molar-refractivity contribution < 1.29 is 9.84 Å². The third-order valence-electron chi connectivity index (χ3n) is 4.32. The second-order valence-electron chi connectivity index (χ2n) is 6.83. The Morgan fingerprint density at radius 3 is 2.89 bits per heavy atom. The van der Waals surface area contributed by atoms with Gasteiger partial charge in [-0.2, -0.15) is 10.2 Å². The lowest BCUT2D eigenvalue weighted by atomic mass is 10.1. The summed E-state index contributed by atoms with van der Waals surface area (Å²) in [5, 5.41) is 21.9. The number of aliphatic hydroxyl groups is 1. The first-order valence-corrected chi connectivity index (χ1v) is 9.18. The molecule has 0 fully saturated rings. The van der Waals surface area contributed by atoms with Crippen LogP contribution in [0.5, 0.6) is 5.75 Å². The molecule has 144 valence electrons. The van der Waals surface area contributed by atoms with Gasteiger partial charge in [0.25, 0.3) is 0 Å². The van der Waals surface area contributed by atoms with Gasteiger partial charge in [-0.3, -0.25) is 9.78 Å². The highest BCUT2D eigenvalue weighted by Crippen LogP contribution is 2.29. The molecule has 0 spiro atoms. The molecule has 1 aromatic carbocycles. The third-order valence-corrected chi connectivity index (χ3v) is 4.32. The van der Waals surface area contributed by atoms with Crippen LogP contribution in [0, 0.1) is 6.92 Å². The summed E-state index contributed by atoms with van der Waals surface area (Å²) in [7, 11) is 0. The van der Waals surface area contributed by atoms with E-state index in [-0.39, 0.29) is 12.7 Å². The molecule has 28 heavy (non-hydrogen) atoms. The van der Waals surface area contributed by atoms with Crippen molar-refractivity contribution in [2.75, 3.05) is 6.61 Å². The Labute approximate surface area is 162 Å². The number of aromatic amines is 1. The van der Waals surface area contributed by atoms with E-state index < -0.39 is 0 Å². The quantitative estimate of drug-likeness (QED) is 0.535. The minimum atomic E-state index is 0.0373. The SMILES string of the molecule is Cc1nn(CCO)cc1-c1ccnc(-c2n[nH]c3ccc(OC(C)C)cc23)n1. The molecule has 0 aliphatic carbocycles. The van der Waals surface area contributed by atoms with Gasteiger partial charge in [0.15, 0.2) is 5.82 Å². The van der Waals surface area contributed by atoms with Crippen molar-refractivity contribution in [2.45, 2.75) is 33.4 Å². The van der Waals surface area contributed by atoms with Crippen LogP contribution in [0.15, 0.2) is 36.7 Å².